The fraction of sp³-hybridized carbons (Fsp3) is 0.700. The summed E-state index contributed by atoms with van der Waals surface area (Å²) < 4.78 is 0.827. The number of rotatable bonds is 2. The quantitative estimate of drug-likeness (QED) is 0.839. The summed E-state index contributed by atoms with van der Waals surface area (Å²) in [6, 6.07) is 0.499. The lowest BCUT2D eigenvalue weighted by molar-refractivity contribution is -0.121. The first-order valence-corrected chi connectivity index (χ1v) is 7.02. The molecule has 3 atom stereocenters. The van der Waals surface area contributed by atoms with Crippen LogP contribution < -0.4 is 4.90 Å². The predicted octanol–water partition coefficient (Wildman–Crippen LogP) is 2.10. The van der Waals surface area contributed by atoms with Crippen molar-refractivity contribution in [1.29, 1.82) is 0 Å². The highest BCUT2D eigenvalue weighted by molar-refractivity contribution is 9.11. The van der Waals surface area contributed by atoms with Gasteiger partial charge in [0.05, 0.1) is 0 Å². The Hall–Kier alpha value is -0.490. The molecule has 0 radical (unpaired) electrons. The zero-order valence-corrected chi connectivity index (χ0v) is 11.3. The molecular formula is C10H12BrN3OS. The second kappa shape index (κ2) is 3.77. The highest BCUT2D eigenvalue weighted by atomic mass is 79.9. The third kappa shape index (κ3) is 1.59. The summed E-state index contributed by atoms with van der Waals surface area (Å²) >= 11 is 4.90. The van der Waals surface area contributed by atoms with Crippen molar-refractivity contribution in [1.82, 2.24) is 10.2 Å². The molecule has 1 aliphatic heterocycles. The Morgan fingerprint density at radius 3 is 2.81 bits per heavy atom. The molecule has 0 spiro atoms. The van der Waals surface area contributed by atoms with Gasteiger partial charge in [0, 0.05) is 18.5 Å². The van der Waals surface area contributed by atoms with E-state index in [2.05, 4.69) is 31.0 Å². The van der Waals surface area contributed by atoms with Gasteiger partial charge < -0.3 is 4.90 Å². The van der Waals surface area contributed by atoms with Crippen LogP contribution in [0.15, 0.2) is 3.92 Å². The molecule has 4 nitrogen and oxygen atoms in total. The van der Waals surface area contributed by atoms with Crippen LogP contribution in [0, 0.1) is 11.8 Å². The molecule has 2 bridgehead atoms. The lowest BCUT2D eigenvalue weighted by Gasteiger charge is -2.29. The van der Waals surface area contributed by atoms with Crippen LogP contribution in [0.25, 0.3) is 0 Å². The molecular weight excluding hydrogens is 290 g/mol. The van der Waals surface area contributed by atoms with E-state index in [1.54, 1.807) is 18.3 Å². The van der Waals surface area contributed by atoms with Crippen molar-refractivity contribution in [2.75, 3.05) is 11.4 Å². The van der Waals surface area contributed by atoms with Crippen LogP contribution >= 0.6 is 27.3 Å². The second-order valence-electron chi connectivity index (χ2n) is 4.59. The van der Waals surface area contributed by atoms with Gasteiger partial charge in [-0.25, -0.2) is 0 Å². The number of aromatic nitrogens is 2. The number of anilines is 1. The Labute approximate surface area is 106 Å². The fourth-order valence-corrected chi connectivity index (χ4v) is 4.17. The van der Waals surface area contributed by atoms with Gasteiger partial charge in [0.2, 0.25) is 5.13 Å². The number of carbonyl (C=O) groups excluding carboxylic acids is 1. The van der Waals surface area contributed by atoms with Gasteiger partial charge in [-0.15, -0.1) is 10.2 Å². The molecule has 2 fully saturated rings. The molecule has 1 saturated carbocycles. The number of halogens is 1. The number of piperidine rings is 1. The zero-order chi connectivity index (χ0) is 11.3. The van der Waals surface area contributed by atoms with E-state index in [1.807, 2.05) is 0 Å². The van der Waals surface area contributed by atoms with E-state index in [4.69, 9.17) is 0 Å². The molecule has 0 aromatic carbocycles. The van der Waals surface area contributed by atoms with Gasteiger partial charge >= 0.3 is 0 Å². The smallest absolute Gasteiger partial charge is 0.209 e. The lowest BCUT2D eigenvalue weighted by Crippen LogP contribution is -2.37. The third-order valence-electron chi connectivity index (χ3n) is 3.70. The predicted molar refractivity (Wildman–Crippen MR) is 65.6 cm³/mol. The number of hydrogen-bond acceptors (Lipinski definition) is 5. The Bertz CT molecular complexity index is 435. The average molecular weight is 302 g/mol. The van der Waals surface area contributed by atoms with Crippen LogP contribution in [0.3, 0.4) is 0 Å². The number of Topliss-reactive ketones (excluding diaryl/α,β-unsaturated/α-hetero) is 1. The Kier molecular flexibility index (Phi) is 2.51. The van der Waals surface area contributed by atoms with Gasteiger partial charge in [-0.3, -0.25) is 4.79 Å². The van der Waals surface area contributed by atoms with Gasteiger partial charge in [0.1, 0.15) is 5.78 Å². The van der Waals surface area contributed by atoms with Gasteiger partial charge in [0.25, 0.3) is 0 Å². The maximum Gasteiger partial charge on any atom is 0.209 e. The monoisotopic (exact) mass is 301 g/mol. The standard InChI is InChI=1S/C10H12BrN3OS/c1-5(15)8-3-7-2-6(8)4-14(7)10-13-12-9(11)16-10/h6-8H,2-4H2,1H3/t6-,7-,8?/m0/s1. The normalized spacial score (nSPS) is 32.4. The van der Waals surface area contributed by atoms with Crippen molar-refractivity contribution in [3.63, 3.8) is 0 Å². The first kappa shape index (κ1) is 10.7. The lowest BCUT2D eigenvalue weighted by atomic mass is 9.91. The molecule has 3 rings (SSSR count). The van der Waals surface area contributed by atoms with Crippen LogP contribution in [0.5, 0.6) is 0 Å². The van der Waals surface area contributed by atoms with E-state index in [-0.39, 0.29) is 5.92 Å². The SMILES string of the molecule is CC(=O)C1C[C@@H]2C[C@H]1CN2c1nnc(Br)s1. The molecule has 86 valence electrons. The van der Waals surface area contributed by atoms with E-state index in [0.29, 0.717) is 17.7 Å². The zero-order valence-electron chi connectivity index (χ0n) is 8.89. The molecule has 0 N–H and O–H groups in total. The molecule has 6 heteroatoms. The summed E-state index contributed by atoms with van der Waals surface area (Å²) in [5, 5.41) is 9.11. The molecule has 1 aromatic heterocycles. The van der Waals surface area contributed by atoms with Crippen molar-refractivity contribution in [2.24, 2.45) is 11.8 Å². The summed E-state index contributed by atoms with van der Waals surface area (Å²) in [5.41, 5.74) is 0. The summed E-state index contributed by atoms with van der Waals surface area (Å²) in [4.78, 5) is 13.7. The number of fused-ring (bicyclic) bond motifs is 2. The van der Waals surface area contributed by atoms with E-state index in [1.165, 1.54) is 0 Å². The number of carbonyl (C=O) groups is 1. The first-order valence-electron chi connectivity index (χ1n) is 5.41. The van der Waals surface area contributed by atoms with E-state index in [9.17, 15) is 4.79 Å². The van der Waals surface area contributed by atoms with Crippen molar-refractivity contribution >= 4 is 38.2 Å². The molecule has 2 heterocycles. The second-order valence-corrected chi connectivity index (χ2v) is 6.82. The molecule has 1 saturated heterocycles. The molecule has 1 unspecified atom stereocenters. The topological polar surface area (TPSA) is 46.1 Å². The fourth-order valence-electron chi connectivity index (χ4n) is 3.00. The minimum absolute atomic E-state index is 0.289. The minimum atomic E-state index is 0.289. The Morgan fingerprint density at radius 2 is 2.31 bits per heavy atom. The van der Waals surface area contributed by atoms with Crippen LogP contribution in [0.1, 0.15) is 19.8 Å². The highest BCUT2D eigenvalue weighted by Gasteiger charge is 2.47. The van der Waals surface area contributed by atoms with Crippen molar-refractivity contribution in [3.8, 4) is 0 Å². The summed E-state index contributed by atoms with van der Waals surface area (Å²) in [6.07, 6.45) is 2.14. The molecule has 16 heavy (non-hydrogen) atoms. The molecule has 1 aromatic rings. The third-order valence-corrected chi connectivity index (χ3v) is 5.09. The highest BCUT2D eigenvalue weighted by Crippen LogP contribution is 2.45. The van der Waals surface area contributed by atoms with E-state index < -0.39 is 0 Å². The molecule has 0 amide bonds. The number of hydrogen-bond donors (Lipinski definition) is 0. The van der Waals surface area contributed by atoms with Crippen LogP contribution in [0.4, 0.5) is 5.13 Å². The van der Waals surface area contributed by atoms with Gasteiger partial charge in [-0.2, -0.15) is 0 Å². The van der Waals surface area contributed by atoms with Crippen molar-refractivity contribution in [2.45, 2.75) is 25.8 Å². The van der Waals surface area contributed by atoms with E-state index >= 15 is 0 Å². The number of ketones is 1. The maximum atomic E-state index is 11.4. The average Bonchev–Trinajstić information content (AvgIpc) is 2.89. The van der Waals surface area contributed by atoms with Gasteiger partial charge in [0.15, 0.2) is 3.92 Å². The summed E-state index contributed by atoms with van der Waals surface area (Å²) in [7, 11) is 0. The Morgan fingerprint density at radius 1 is 1.50 bits per heavy atom. The minimum Gasteiger partial charge on any atom is -0.343 e. The van der Waals surface area contributed by atoms with Gasteiger partial charge in [-0.05, 0) is 41.6 Å². The largest absolute Gasteiger partial charge is 0.343 e. The van der Waals surface area contributed by atoms with Gasteiger partial charge in [-0.1, -0.05) is 11.3 Å². The van der Waals surface area contributed by atoms with Crippen molar-refractivity contribution in [3.05, 3.63) is 3.92 Å². The maximum absolute atomic E-state index is 11.4. The summed E-state index contributed by atoms with van der Waals surface area (Å²) in [5.74, 6) is 1.17. The first-order chi connectivity index (χ1) is 7.65. The summed E-state index contributed by atoms with van der Waals surface area (Å²) in [6.45, 7) is 2.69. The molecule has 1 aliphatic carbocycles. The van der Waals surface area contributed by atoms with Crippen LogP contribution in [-0.2, 0) is 4.79 Å². The van der Waals surface area contributed by atoms with Crippen LogP contribution in [-0.4, -0.2) is 28.6 Å². The Balaban J connectivity index is 1.78. The number of nitrogens with zero attached hydrogens (tertiary/aromatic N) is 3. The van der Waals surface area contributed by atoms with Crippen LogP contribution in [0.2, 0.25) is 0 Å². The molecule has 2 aliphatic rings. The van der Waals surface area contributed by atoms with E-state index in [0.717, 1.165) is 28.4 Å². The van der Waals surface area contributed by atoms with Crippen molar-refractivity contribution < 1.29 is 4.79 Å².